The quantitative estimate of drug-likeness (QED) is 0.865. The maximum atomic E-state index is 11.0. The van der Waals surface area contributed by atoms with Crippen LogP contribution >= 0.6 is 11.6 Å². The molecule has 1 aromatic carbocycles. The van der Waals surface area contributed by atoms with E-state index in [1.54, 1.807) is 18.2 Å². The second kappa shape index (κ2) is 6.41. The van der Waals surface area contributed by atoms with Crippen LogP contribution in [0, 0.1) is 0 Å². The second-order valence-electron chi connectivity index (χ2n) is 4.38. The number of sulfone groups is 1. The Bertz CT molecular complexity index is 500. The van der Waals surface area contributed by atoms with Crippen LogP contribution in [0.3, 0.4) is 0 Å². The van der Waals surface area contributed by atoms with Crippen molar-refractivity contribution in [3.63, 3.8) is 0 Å². The molecule has 0 aliphatic carbocycles. The standard InChI is InChI=1S/C12H18ClNO3S/c1-9(14)8-10-11(13)4-3-5-12(10)17-6-7-18(2,15)16/h3-5,9H,6-8,14H2,1-2H3. The minimum absolute atomic E-state index is 0.0167. The average molecular weight is 292 g/mol. The normalized spacial score (nSPS) is 13.3. The molecule has 1 aromatic rings. The van der Waals surface area contributed by atoms with E-state index in [1.165, 1.54) is 6.26 Å². The van der Waals surface area contributed by atoms with Gasteiger partial charge in [-0.25, -0.2) is 8.42 Å². The van der Waals surface area contributed by atoms with Crippen LogP contribution in [0.1, 0.15) is 12.5 Å². The molecule has 0 aliphatic heterocycles. The molecule has 0 radical (unpaired) electrons. The van der Waals surface area contributed by atoms with Gasteiger partial charge in [0.1, 0.15) is 12.4 Å². The smallest absolute Gasteiger partial charge is 0.150 e. The lowest BCUT2D eigenvalue weighted by Gasteiger charge is -2.14. The molecule has 18 heavy (non-hydrogen) atoms. The third-order valence-electron chi connectivity index (χ3n) is 2.31. The molecule has 6 heteroatoms. The van der Waals surface area contributed by atoms with E-state index in [2.05, 4.69) is 0 Å². The SMILES string of the molecule is CC(N)Cc1c(Cl)cccc1OCCS(C)(=O)=O. The van der Waals surface area contributed by atoms with Gasteiger partial charge < -0.3 is 10.5 Å². The first kappa shape index (κ1) is 15.3. The topological polar surface area (TPSA) is 69.4 Å². The predicted octanol–water partition coefficient (Wildman–Crippen LogP) is 1.65. The summed E-state index contributed by atoms with van der Waals surface area (Å²) < 4.78 is 27.5. The van der Waals surface area contributed by atoms with Crippen molar-refractivity contribution in [2.24, 2.45) is 5.73 Å². The summed E-state index contributed by atoms with van der Waals surface area (Å²) >= 11 is 6.09. The van der Waals surface area contributed by atoms with Crippen LogP contribution in [0.25, 0.3) is 0 Å². The molecule has 2 N–H and O–H groups in total. The Morgan fingerprint density at radius 2 is 2.11 bits per heavy atom. The first-order valence-electron chi connectivity index (χ1n) is 5.63. The zero-order valence-corrected chi connectivity index (χ0v) is 12.1. The summed E-state index contributed by atoms with van der Waals surface area (Å²) in [6, 6.07) is 5.26. The van der Waals surface area contributed by atoms with E-state index in [-0.39, 0.29) is 18.4 Å². The maximum Gasteiger partial charge on any atom is 0.150 e. The third kappa shape index (κ3) is 5.25. The number of rotatable bonds is 6. The van der Waals surface area contributed by atoms with Gasteiger partial charge in [-0.2, -0.15) is 0 Å². The average Bonchev–Trinajstić information content (AvgIpc) is 2.20. The van der Waals surface area contributed by atoms with E-state index < -0.39 is 9.84 Å². The van der Waals surface area contributed by atoms with Crippen molar-refractivity contribution in [3.05, 3.63) is 28.8 Å². The van der Waals surface area contributed by atoms with E-state index >= 15 is 0 Å². The zero-order chi connectivity index (χ0) is 13.8. The van der Waals surface area contributed by atoms with Crippen LogP contribution in [0.4, 0.5) is 0 Å². The lowest BCUT2D eigenvalue weighted by Crippen LogP contribution is -2.19. The maximum absolute atomic E-state index is 11.0. The molecule has 102 valence electrons. The summed E-state index contributed by atoms with van der Waals surface area (Å²) in [6.07, 6.45) is 1.77. The van der Waals surface area contributed by atoms with E-state index in [0.29, 0.717) is 17.2 Å². The highest BCUT2D eigenvalue weighted by molar-refractivity contribution is 7.90. The van der Waals surface area contributed by atoms with Gasteiger partial charge in [0.2, 0.25) is 0 Å². The Hall–Kier alpha value is -0.780. The van der Waals surface area contributed by atoms with Gasteiger partial charge in [-0.15, -0.1) is 0 Å². The zero-order valence-electron chi connectivity index (χ0n) is 10.5. The highest BCUT2D eigenvalue weighted by atomic mass is 35.5. The molecule has 0 aliphatic rings. The fourth-order valence-corrected chi connectivity index (χ4v) is 2.13. The summed E-state index contributed by atoms with van der Waals surface area (Å²) in [7, 11) is -3.02. The summed E-state index contributed by atoms with van der Waals surface area (Å²) in [5, 5.41) is 0.587. The van der Waals surface area contributed by atoms with Gasteiger partial charge in [0.05, 0.1) is 5.75 Å². The molecule has 0 saturated heterocycles. The number of halogens is 1. The van der Waals surface area contributed by atoms with Crippen molar-refractivity contribution < 1.29 is 13.2 Å². The Balaban J connectivity index is 2.78. The molecule has 0 saturated carbocycles. The highest BCUT2D eigenvalue weighted by Gasteiger charge is 2.11. The molecule has 0 bridgehead atoms. The Kier molecular flexibility index (Phi) is 5.44. The summed E-state index contributed by atoms with van der Waals surface area (Å²) in [5.74, 6) is 0.584. The minimum atomic E-state index is -3.02. The molecule has 0 aromatic heterocycles. The summed E-state index contributed by atoms with van der Waals surface area (Å²) in [6.45, 7) is 1.99. The number of benzene rings is 1. The fourth-order valence-electron chi connectivity index (χ4n) is 1.50. The van der Waals surface area contributed by atoms with Crippen molar-refractivity contribution in [2.45, 2.75) is 19.4 Å². The predicted molar refractivity (Wildman–Crippen MR) is 74.0 cm³/mol. The molecule has 4 nitrogen and oxygen atoms in total. The third-order valence-corrected chi connectivity index (χ3v) is 3.58. The molecular weight excluding hydrogens is 274 g/mol. The van der Waals surface area contributed by atoms with E-state index in [0.717, 1.165) is 5.56 Å². The second-order valence-corrected chi connectivity index (χ2v) is 7.04. The van der Waals surface area contributed by atoms with Gasteiger partial charge in [0.25, 0.3) is 0 Å². The Morgan fingerprint density at radius 3 is 2.67 bits per heavy atom. The molecule has 1 rings (SSSR count). The fraction of sp³-hybridized carbons (Fsp3) is 0.500. The van der Waals surface area contributed by atoms with Crippen LogP contribution in [0.5, 0.6) is 5.75 Å². The van der Waals surface area contributed by atoms with Crippen LogP contribution in [-0.4, -0.2) is 33.1 Å². The molecule has 0 heterocycles. The van der Waals surface area contributed by atoms with E-state index in [1.807, 2.05) is 6.92 Å². The first-order valence-corrected chi connectivity index (χ1v) is 8.07. The largest absolute Gasteiger partial charge is 0.492 e. The number of hydrogen-bond donors (Lipinski definition) is 1. The highest BCUT2D eigenvalue weighted by Crippen LogP contribution is 2.27. The first-order chi connectivity index (χ1) is 8.29. The Labute approximate surface area is 113 Å². The number of ether oxygens (including phenoxy) is 1. The van der Waals surface area contributed by atoms with Crippen molar-refractivity contribution in [1.82, 2.24) is 0 Å². The monoisotopic (exact) mass is 291 g/mol. The van der Waals surface area contributed by atoms with Gasteiger partial charge in [-0.3, -0.25) is 0 Å². The molecule has 0 amide bonds. The summed E-state index contributed by atoms with van der Waals surface area (Å²) in [4.78, 5) is 0. The number of nitrogens with two attached hydrogens (primary N) is 1. The van der Waals surface area contributed by atoms with Crippen molar-refractivity contribution in [1.29, 1.82) is 0 Å². The lowest BCUT2D eigenvalue weighted by molar-refractivity contribution is 0.336. The molecule has 1 unspecified atom stereocenters. The Morgan fingerprint density at radius 1 is 1.44 bits per heavy atom. The lowest BCUT2D eigenvalue weighted by atomic mass is 10.1. The van der Waals surface area contributed by atoms with Gasteiger partial charge >= 0.3 is 0 Å². The van der Waals surface area contributed by atoms with Crippen molar-refractivity contribution in [3.8, 4) is 5.75 Å². The van der Waals surface area contributed by atoms with Crippen LogP contribution in [0.2, 0.25) is 5.02 Å². The van der Waals surface area contributed by atoms with Crippen molar-refractivity contribution >= 4 is 21.4 Å². The van der Waals surface area contributed by atoms with Gasteiger partial charge in [-0.05, 0) is 25.5 Å². The molecule has 0 fully saturated rings. The number of hydrogen-bond acceptors (Lipinski definition) is 4. The van der Waals surface area contributed by atoms with Crippen LogP contribution in [-0.2, 0) is 16.3 Å². The van der Waals surface area contributed by atoms with Gasteiger partial charge in [0, 0.05) is 22.9 Å². The van der Waals surface area contributed by atoms with Crippen LogP contribution < -0.4 is 10.5 Å². The molecular formula is C12H18ClNO3S. The van der Waals surface area contributed by atoms with Crippen LogP contribution in [0.15, 0.2) is 18.2 Å². The minimum Gasteiger partial charge on any atom is -0.492 e. The van der Waals surface area contributed by atoms with Gasteiger partial charge in [-0.1, -0.05) is 17.7 Å². The van der Waals surface area contributed by atoms with E-state index in [4.69, 9.17) is 22.1 Å². The van der Waals surface area contributed by atoms with Gasteiger partial charge in [0.15, 0.2) is 9.84 Å². The van der Waals surface area contributed by atoms with Crippen molar-refractivity contribution in [2.75, 3.05) is 18.6 Å². The summed E-state index contributed by atoms with van der Waals surface area (Å²) in [5.41, 5.74) is 6.57. The van der Waals surface area contributed by atoms with E-state index in [9.17, 15) is 8.42 Å². The molecule has 1 atom stereocenters. The molecule has 0 spiro atoms.